The Morgan fingerprint density at radius 2 is 2.53 bits per heavy atom. The number of β-amino-alcohol motifs (C(OH)–C–C–N with tert-alkyl or cyclic N) is 1. The molecule has 2 unspecified atom stereocenters. The van der Waals surface area contributed by atoms with Crippen molar-refractivity contribution < 1.29 is 9.90 Å². The number of carbonyl (C=O) groups excluding carboxylic acids is 1. The molecule has 1 fully saturated rings. The van der Waals surface area contributed by atoms with Gasteiger partial charge in [-0.15, -0.1) is 23.7 Å². The fourth-order valence-electron chi connectivity index (χ4n) is 1.64. The minimum atomic E-state index is -0.418. The zero-order chi connectivity index (χ0) is 11.5. The molecule has 0 aliphatic carbocycles. The number of aromatic nitrogens is 1. The van der Waals surface area contributed by atoms with Crippen molar-refractivity contribution in [3.63, 3.8) is 0 Å². The topological polar surface area (TPSA) is 74.2 Å². The van der Waals surface area contributed by atoms with Crippen LogP contribution in [0.1, 0.15) is 18.2 Å². The van der Waals surface area contributed by atoms with Gasteiger partial charge in [0.25, 0.3) is 0 Å². The molecule has 1 saturated heterocycles. The van der Waals surface area contributed by atoms with Gasteiger partial charge in [-0.05, 0) is 12.8 Å². The molecule has 0 spiro atoms. The van der Waals surface area contributed by atoms with Crippen LogP contribution in [-0.4, -0.2) is 34.7 Å². The number of amides is 1. The number of aliphatic hydroxyl groups is 1. The van der Waals surface area contributed by atoms with Crippen molar-refractivity contribution in [2.45, 2.75) is 31.9 Å². The maximum atomic E-state index is 11.7. The molecule has 96 valence electrons. The summed E-state index contributed by atoms with van der Waals surface area (Å²) in [5.41, 5.74) is 0. The zero-order valence-electron chi connectivity index (χ0n) is 9.47. The van der Waals surface area contributed by atoms with E-state index in [1.54, 1.807) is 6.20 Å². The third-order valence-electron chi connectivity index (χ3n) is 2.56. The molecule has 1 aliphatic heterocycles. The van der Waals surface area contributed by atoms with Crippen LogP contribution in [0.4, 0.5) is 5.13 Å². The SMILES string of the molecule is CCc1cnc(NC(=O)C2CC(O)CN2)s1.Cl. The Kier molecular flexibility index (Phi) is 5.32. The van der Waals surface area contributed by atoms with Crippen molar-refractivity contribution in [2.75, 3.05) is 11.9 Å². The van der Waals surface area contributed by atoms with E-state index in [0.29, 0.717) is 18.1 Å². The van der Waals surface area contributed by atoms with Crippen LogP contribution >= 0.6 is 23.7 Å². The van der Waals surface area contributed by atoms with E-state index < -0.39 is 6.10 Å². The van der Waals surface area contributed by atoms with Gasteiger partial charge < -0.3 is 15.7 Å². The number of hydrogen-bond donors (Lipinski definition) is 3. The molecule has 0 radical (unpaired) electrons. The van der Waals surface area contributed by atoms with E-state index in [-0.39, 0.29) is 24.4 Å². The number of halogens is 1. The Morgan fingerprint density at radius 3 is 3.06 bits per heavy atom. The largest absolute Gasteiger partial charge is 0.392 e. The highest BCUT2D eigenvalue weighted by molar-refractivity contribution is 7.15. The molecule has 0 saturated carbocycles. The summed E-state index contributed by atoms with van der Waals surface area (Å²) in [4.78, 5) is 17.0. The summed E-state index contributed by atoms with van der Waals surface area (Å²) in [6.07, 6.45) is 2.75. The van der Waals surface area contributed by atoms with Crippen LogP contribution in [-0.2, 0) is 11.2 Å². The molecule has 1 aromatic heterocycles. The first-order chi connectivity index (χ1) is 7.69. The molecule has 0 aromatic carbocycles. The second-order valence-corrected chi connectivity index (χ2v) is 4.94. The number of hydrogen-bond acceptors (Lipinski definition) is 5. The quantitative estimate of drug-likeness (QED) is 0.764. The van der Waals surface area contributed by atoms with Crippen molar-refractivity contribution in [2.24, 2.45) is 0 Å². The van der Waals surface area contributed by atoms with E-state index in [1.807, 2.05) is 6.92 Å². The average molecular weight is 278 g/mol. The van der Waals surface area contributed by atoms with E-state index in [4.69, 9.17) is 0 Å². The molecule has 7 heteroatoms. The summed E-state index contributed by atoms with van der Waals surface area (Å²) in [7, 11) is 0. The number of anilines is 1. The average Bonchev–Trinajstić information content (AvgIpc) is 2.87. The third-order valence-corrected chi connectivity index (χ3v) is 3.61. The lowest BCUT2D eigenvalue weighted by Crippen LogP contribution is -2.35. The molecule has 1 aliphatic rings. The van der Waals surface area contributed by atoms with Gasteiger partial charge in [-0.3, -0.25) is 4.79 Å². The number of nitrogens with one attached hydrogen (secondary N) is 2. The number of thiazole rings is 1. The molecular weight excluding hydrogens is 262 g/mol. The summed E-state index contributed by atoms with van der Waals surface area (Å²) in [5, 5.41) is 15.6. The molecule has 2 atom stereocenters. The van der Waals surface area contributed by atoms with Crippen molar-refractivity contribution in [3.05, 3.63) is 11.1 Å². The van der Waals surface area contributed by atoms with Crippen LogP contribution in [0.25, 0.3) is 0 Å². The lowest BCUT2D eigenvalue weighted by Gasteiger charge is -2.08. The monoisotopic (exact) mass is 277 g/mol. The van der Waals surface area contributed by atoms with Gasteiger partial charge in [-0.1, -0.05) is 6.92 Å². The molecule has 17 heavy (non-hydrogen) atoms. The summed E-state index contributed by atoms with van der Waals surface area (Å²) >= 11 is 1.49. The lowest BCUT2D eigenvalue weighted by molar-refractivity contribution is -0.117. The predicted molar refractivity (Wildman–Crippen MR) is 69.8 cm³/mol. The Bertz CT molecular complexity index is 385. The summed E-state index contributed by atoms with van der Waals surface area (Å²) < 4.78 is 0. The van der Waals surface area contributed by atoms with Crippen LogP contribution in [0.15, 0.2) is 6.20 Å². The zero-order valence-corrected chi connectivity index (χ0v) is 11.1. The van der Waals surface area contributed by atoms with Crippen LogP contribution in [0.3, 0.4) is 0 Å². The van der Waals surface area contributed by atoms with E-state index in [2.05, 4.69) is 15.6 Å². The molecule has 0 bridgehead atoms. The predicted octanol–water partition coefficient (Wildman–Crippen LogP) is 0.789. The van der Waals surface area contributed by atoms with E-state index >= 15 is 0 Å². The highest BCUT2D eigenvalue weighted by atomic mass is 35.5. The Balaban J connectivity index is 0.00000144. The lowest BCUT2D eigenvalue weighted by atomic mass is 10.2. The molecule has 3 N–H and O–H groups in total. The van der Waals surface area contributed by atoms with Crippen LogP contribution in [0, 0.1) is 0 Å². The van der Waals surface area contributed by atoms with E-state index in [1.165, 1.54) is 11.3 Å². The van der Waals surface area contributed by atoms with Crippen molar-refractivity contribution in [1.29, 1.82) is 0 Å². The first kappa shape index (κ1) is 14.4. The van der Waals surface area contributed by atoms with Gasteiger partial charge in [0.15, 0.2) is 5.13 Å². The number of carbonyl (C=O) groups is 1. The molecule has 2 rings (SSSR count). The summed E-state index contributed by atoms with van der Waals surface area (Å²) in [6, 6.07) is -0.302. The highest BCUT2D eigenvalue weighted by Crippen LogP contribution is 2.19. The second kappa shape index (κ2) is 6.30. The van der Waals surface area contributed by atoms with E-state index in [9.17, 15) is 9.90 Å². The molecule has 1 amide bonds. The van der Waals surface area contributed by atoms with Gasteiger partial charge in [0.05, 0.1) is 12.1 Å². The first-order valence-electron chi connectivity index (χ1n) is 5.36. The third kappa shape index (κ3) is 3.64. The maximum Gasteiger partial charge on any atom is 0.243 e. The Hall–Kier alpha value is -0.690. The fraction of sp³-hybridized carbons (Fsp3) is 0.600. The maximum absolute atomic E-state index is 11.7. The molecule has 5 nitrogen and oxygen atoms in total. The van der Waals surface area contributed by atoms with Crippen LogP contribution < -0.4 is 10.6 Å². The Morgan fingerprint density at radius 1 is 1.76 bits per heavy atom. The molecule has 2 heterocycles. The van der Waals surface area contributed by atoms with Gasteiger partial charge in [-0.25, -0.2) is 4.98 Å². The first-order valence-corrected chi connectivity index (χ1v) is 6.17. The van der Waals surface area contributed by atoms with Crippen molar-refractivity contribution in [1.82, 2.24) is 10.3 Å². The van der Waals surface area contributed by atoms with Crippen LogP contribution in [0.2, 0.25) is 0 Å². The normalized spacial score (nSPS) is 23.2. The number of rotatable bonds is 3. The van der Waals surface area contributed by atoms with Crippen LogP contribution in [0.5, 0.6) is 0 Å². The van der Waals surface area contributed by atoms with Gasteiger partial charge in [0.2, 0.25) is 5.91 Å². The Labute approximate surface area is 110 Å². The smallest absolute Gasteiger partial charge is 0.243 e. The summed E-state index contributed by atoms with van der Waals surface area (Å²) in [6.45, 7) is 2.53. The van der Waals surface area contributed by atoms with Gasteiger partial charge in [0, 0.05) is 17.6 Å². The van der Waals surface area contributed by atoms with Crippen molar-refractivity contribution >= 4 is 34.8 Å². The fourth-order valence-corrected chi connectivity index (χ4v) is 2.39. The van der Waals surface area contributed by atoms with E-state index in [0.717, 1.165) is 11.3 Å². The molecule has 1 aromatic rings. The highest BCUT2D eigenvalue weighted by Gasteiger charge is 2.28. The minimum Gasteiger partial charge on any atom is -0.392 e. The number of nitrogens with zero attached hydrogens (tertiary/aromatic N) is 1. The standard InChI is InChI=1S/C10H15N3O2S.ClH/c1-2-7-5-12-10(16-7)13-9(15)8-3-6(14)4-11-8;/h5-6,8,11,14H,2-4H2,1H3,(H,12,13,15);1H. The van der Waals surface area contributed by atoms with Gasteiger partial charge >= 0.3 is 0 Å². The summed E-state index contributed by atoms with van der Waals surface area (Å²) in [5.74, 6) is -0.117. The molecular formula is C10H16ClN3O2S. The number of aryl methyl sites for hydroxylation is 1. The van der Waals surface area contributed by atoms with Gasteiger partial charge in [-0.2, -0.15) is 0 Å². The minimum absolute atomic E-state index is 0. The van der Waals surface area contributed by atoms with Gasteiger partial charge in [0.1, 0.15) is 0 Å². The van der Waals surface area contributed by atoms with Crippen molar-refractivity contribution in [3.8, 4) is 0 Å². The second-order valence-electron chi connectivity index (χ2n) is 3.82. The number of aliphatic hydroxyl groups excluding tert-OH is 1.